The van der Waals surface area contributed by atoms with Crippen molar-refractivity contribution >= 4 is 5.97 Å². The first-order valence-electron chi connectivity index (χ1n) is 10.8. The molecule has 4 heteroatoms. The van der Waals surface area contributed by atoms with Crippen molar-refractivity contribution in [2.75, 3.05) is 13.2 Å². The van der Waals surface area contributed by atoms with Crippen molar-refractivity contribution in [1.82, 2.24) is 0 Å². The highest BCUT2D eigenvalue weighted by Crippen LogP contribution is 2.46. The van der Waals surface area contributed by atoms with Gasteiger partial charge in [-0.05, 0) is 60.2 Å². The van der Waals surface area contributed by atoms with E-state index in [0.717, 1.165) is 17.7 Å². The molecule has 0 saturated carbocycles. The average Bonchev–Trinajstić information content (AvgIpc) is 3.07. The van der Waals surface area contributed by atoms with Crippen molar-refractivity contribution in [3.8, 4) is 16.9 Å². The van der Waals surface area contributed by atoms with E-state index in [1.807, 2.05) is 24.3 Å². The Balaban J connectivity index is 1.40. The van der Waals surface area contributed by atoms with Gasteiger partial charge in [0, 0.05) is 18.9 Å². The summed E-state index contributed by atoms with van der Waals surface area (Å²) in [6.45, 7) is 4.93. The Labute approximate surface area is 183 Å². The molecule has 3 aromatic rings. The molecule has 160 valence electrons. The maximum absolute atomic E-state index is 11.3. The molecule has 0 radical (unpaired) electrons. The van der Waals surface area contributed by atoms with Crippen LogP contribution in [0.25, 0.3) is 11.1 Å². The van der Waals surface area contributed by atoms with Crippen molar-refractivity contribution in [3.05, 3.63) is 89.0 Å². The molecule has 0 heterocycles. The lowest BCUT2D eigenvalue weighted by Crippen LogP contribution is -2.26. The van der Waals surface area contributed by atoms with Crippen LogP contribution in [0.15, 0.2) is 66.7 Å². The Morgan fingerprint density at radius 3 is 2.48 bits per heavy atom. The molecule has 0 fully saturated rings. The number of rotatable bonds is 9. The largest absolute Gasteiger partial charge is 0.494 e. The summed E-state index contributed by atoms with van der Waals surface area (Å²) in [5.41, 5.74) is 7.61. The van der Waals surface area contributed by atoms with Gasteiger partial charge in [0.2, 0.25) is 0 Å². The highest BCUT2D eigenvalue weighted by molar-refractivity contribution is 5.79. The average molecular weight is 417 g/mol. The van der Waals surface area contributed by atoms with E-state index in [0.29, 0.717) is 25.6 Å². The predicted molar refractivity (Wildman–Crippen MR) is 122 cm³/mol. The Bertz CT molecular complexity index is 1060. The molecule has 0 amide bonds. The van der Waals surface area contributed by atoms with E-state index in [-0.39, 0.29) is 0 Å². The van der Waals surface area contributed by atoms with Crippen molar-refractivity contribution in [2.45, 2.75) is 38.7 Å². The van der Waals surface area contributed by atoms with Crippen LogP contribution < -0.4 is 4.74 Å². The van der Waals surface area contributed by atoms with Crippen LogP contribution >= 0.6 is 0 Å². The summed E-state index contributed by atoms with van der Waals surface area (Å²) >= 11 is 0. The van der Waals surface area contributed by atoms with Crippen molar-refractivity contribution in [1.29, 1.82) is 0 Å². The van der Waals surface area contributed by atoms with Crippen LogP contribution in [0.1, 0.15) is 41.5 Å². The highest BCUT2D eigenvalue weighted by atomic mass is 16.5. The summed E-state index contributed by atoms with van der Waals surface area (Å²) in [5.74, 6) is 0.199. The van der Waals surface area contributed by atoms with Gasteiger partial charge in [-0.25, -0.2) is 4.79 Å². The molecule has 3 aromatic carbocycles. The number of benzene rings is 3. The second-order valence-corrected chi connectivity index (χ2v) is 8.00. The van der Waals surface area contributed by atoms with Gasteiger partial charge >= 0.3 is 5.97 Å². The minimum absolute atomic E-state index is 0.341. The number of carboxylic acids is 1. The number of ether oxygens (including phenoxy) is 2. The smallest absolute Gasteiger partial charge is 0.333 e. The molecule has 4 nitrogen and oxygen atoms in total. The molecule has 0 spiro atoms. The summed E-state index contributed by atoms with van der Waals surface area (Å²) in [7, 11) is 0. The van der Waals surface area contributed by atoms with Crippen molar-refractivity contribution in [2.24, 2.45) is 0 Å². The number of carbonyl (C=O) groups is 1. The fraction of sp³-hybridized carbons (Fsp3) is 0.296. The van der Waals surface area contributed by atoms with E-state index in [2.05, 4.69) is 49.4 Å². The lowest BCUT2D eigenvalue weighted by Gasteiger charge is -2.15. The zero-order chi connectivity index (χ0) is 21.8. The maximum Gasteiger partial charge on any atom is 0.333 e. The second kappa shape index (κ2) is 9.36. The Morgan fingerprint density at radius 2 is 1.74 bits per heavy atom. The van der Waals surface area contributed by atoms with E-state index < -0.39 is 12.1 Å². The summed E-state index contributed by atoms with van der Waals surface area (Å²) in [5, 5.41) is 9.25. The third kappa shape index (κ3) is 4.64. The molecule has 0 bridgehead atoms. The van der Waals surface area contributed by atoms with Crippen LogP contribution in [0.3, 0.4) is 0 Å². The zero-order valence-corrected chi connectivity index (χ0v) is 18.0. The first-order valence-corrected chi connectivity index (χ1v) is 10.8. The number of aliphatic carboxylic acids is 1. The standard InChI is InChI=1S/C27H28O4/c1-3-30-26(27(28)29)17-19-9-11-20(12-10-19)31-15-14-24-22-7-5-4-6-21(22)23-13-8-18(2)16-25(23)24/h4-13,16,24,26H,3,14-15,17H2,1-2H3,(H,28,29). The number of fused-ring (bicyclic) bond motifs is 3. The lowest BCUT2D eigenvalue weighted by molar-refractivity contribution is -0.149. The summed E-state index contributed by atoms with van der Waals surface area (Å²) in [6, 6.07) is 23.0. The van der Waals surface area contributed by atoms with E-state index in [4.69, 9.17) is 9.47 Å². The van der Waals surface area contributed by atoms with Gasteiger partial charge in [-0.15, -0.1) is 0 Å². The molecule has 0 aromatic heterocycles. The molecule has 1 aliphatic rings. The first-order chi connectivity index (χ1) is 15.1. The molecular weight excluding hydrogens is 388 g/mol. The Hall–Kier alpha value is -3.11. The Kier molecular flexibility index (Phi) is 6.38. The van der Waals surface area contributed by atoms with Gasteiger partial charge in [0.1, 0.15) is 5.75 Å². The molecule has 1 N–H and O–H groups in total. The molecule has 1 aliphatic carbocycles. The first kappa shape index (κ1) is 21.1. The third-order valence-electron chi connectivity index (χ3n) is 5.87. The molecule has 4 rings (SSSR count). The molecule has 2 atom stereocenters. The van der Waals surface area contributed by atoms with Crippen LogP contribution in [0, 0.1) is 6.92 Å². The summed E-state index contributed by atoms with van der Waals surface area (Å²) in [6.07, 6.45) is 0.432. The molecule has 31 heavy (non-hydrogen) atoms. The fourth-order valence-corrected chi connectivity index (χ4v) is 4.39. The normalized spacial score (nSPS) is 15.2. The fourth-order valence-electron chi connectivity index (χ4n) is 4.39. The van der Waals surface area contributed by atoms with E-state index >= 15 is 0 Å². The molecular formula is C27H28O4. The van der Waals surface area contributed by atoms with Crippen LogP contribution in [-0.4, -0.2) is 30.4 Å². The van der Waals surface area contributed by atoms with E-state index in [1.54, 1.807) is 6.92 Å². The van der Waals surface area contributed by atoms with Crippen molar-refractivity contribution in [3.63, 3.8) is 0 Å². The minimum Gasteiger partial charge on any atom is -0.494 e. The lowest BCUT2D eigenvalue weighted by atomic mass is 9.93. The van der Waals surface area contributed by atoms with Gasteiger partial charge in [-0.3, -0.25) is 0 Å². The van der Waals surface area contributed by atoms with E-state index in [9.17, 15) is 9.90 Å². The van der Waals surface area contributed by atoms with Crippen LogP contribution in [0.4, 0.5) is 0 Å². The van der Waals surface area contributed by atoms with E-state index in [1.165, 1.54) is 27.8 Å². The minimum atomic E-state index is -0.936. The van der Waals surface area contributed by atoms with Crippen LogP contribution in [-0.2, 0) is 16.0 Å². The van der Waals surface area contributed by atoms with Crippen molar-refractivity contribution < 1.29 is 19.4 Å². The Morgan fingerprint density at radius 1 is 1.00 bits per heavy atom. The SMILES string of the molecule is CCOC(Cc1ccc(OCCC2c3ccccc3-c3ccc(C)cc32)cc1)C(=O)O. The molecule has 0 saturated heterocycles. The quantitative estimate of drug-likeness (QED) is 0.493. The van der Waals surface area contributed by atoms with Gasteiger partial charge in [-0.2, -0.15) is 0 Å². The van der Waals surface area contributed by atoms with Gasteiger partial charge in [-0.1, -0.05) is 60.2 Å². The van der Waals surface area contributed by atoms with Gasteiger partial charge in [0.15, 0.2) is 6.10 Å². The second-order valence-electron chi connectivity index (χ2n) is 8.00. The summed E-state index contributed by atoms with van der Waals surface area (Å²) in [4.78, 5) is 11.3. The topological polar surface area (TPSA) is 55.8 Å². The maximum atomic E-state index is 11.3. The van der Waals surface area contributed by atoms with Gasteiger partial charge in [0.05, 0.1) is 6.61 Å². The number of hydrogen-bond acceptors (Lipinski definition) is 3. The molecule has 2 unspecified atom stereocenters. The third-order valence-corrected chi connectivity index (χ3v) is 5.87. The summed E-state index contributed by atoms with van der Waals surface area (Å²) < 4.78 is 11.3. The van der Waals surface area contributed by atoms with Crippen LogP contribution in [0.5, 0.6) is 5.75 Å². The number of hydrogen-bond donors (Lipinski definition) is 1. The van der Waals surface area contributed by atoms with Gasteiger partial charge in [0.25, 0.3) is 0 Å². The zero-order valence-electron chi connectivity index (χ0n) is 18.0. The monoisotopic (exact) mass is 416 g/mol. The number of aryl methyl sites for hydroxylation is 1. The molecule has 0 aliphatic heterocycles. The van der Waals surface area contributed by atoms with Gasteiger partial charge < -0.3 is 14.6 Å². The predicted octanol–water partition coefficient (Wildman–Crippen LogP) is 5.61. The number of carboxylic acid groups (broad SMARTS) is 1. The van der Waals surface area contributed by atoms with Crippen LogP contribution in [0.2, 0.25) is 0 Å². The highest BCUT2D eigenvalue weighted by Gasteiger charge is 2.28.